The number of hydrogen-bond donors (Lipinski definition) is 3. The zero-order valence-corrected chi connectivity index (χ0v) is 22.0. The van der Waals surface area contributed by atoms with E-state index in [9.17, 15) is 22.0 Å². The molecule has 2 aromatic carbocycles. The minimum atomic E-state index is -3.72. The van der Waals surface area contributed by atoms with Crippen LogP contribution >= 0.6 is 0 Å². The van der Waals surface area contributed by atoms with E-state index in [1.54, 1.807) is 36.4 Å². The number of halogens is 2. The van der Waals surface area contributed by atoms with Gasteiger partial charge in [0.15, 0.2) is 0 Å². The summed E-state index contributed by atoms with van der Waals surface area (Å²) in [5.41, 5.74) is 4.17. The molecule has 2 aromatic rings. The Labute approximate surface area is 222 Å². The molecule has 38 heavy (non-hydrogen) atoms. The molecule has 1 heterocycles. The third-order valence-corrected chi connectivity index (χ3v) is 9.14. The van der Waals surface area contributed by atoms with Crippen LogP contribution in [0.1, 0.15) is 60.9 Å². The first-order valence-electron chi connectivity index (χ1n) is 13.1. The number of rotatable bonds is 8. The van der Waals surface area contributed by atoms with E-state index in [-0.39, 0.29) is 31.8 Å². The maximum atomic E-state index is 13.6. The van der Waals surface area contributed by atoms with Gasteiger partial charge >= 0.3 is 0 Å². The molecule has 1 amide bonds. The first-order chi connectivity index (χ1) is 18.1. The number of allylic oxidation sites excluding steroid dienone is 2. The summed E-state index contributed by atoms with van der Waals surface area (Å²) in [5.74, 6) is -3.38. The molecule has 0 unspecified atom stereocenters. The minimum Gasteiger partial charge on any atom is -0.395 e. The third-order valence-electron chi connectivity index (χ3n) is 7.87. The Morgan fingerprint density at radius 1 is 1.00 bits per heavy atom. The number of nitrogens with one attached hydrogen (secondary N) is 2. The second-order valence-corrected chi connectivity index (χ2v) is 12.5. The topological polar surface area (TPSA) is 98.7 Å². The monoisotopic (exact) mass is 545 g/mol. The Hall–Kier alpha value is -2.98. The van der Waals surface area contributed by atoms with E-state index in [4.69, 9.17) is 5.11 Å². The van der Waals surface area contributed by atoms with Gasteiger partial charge in [-0.25, -0.2) is 17.2 Å². The van der Waals surface area contributed by atoms with Gasteiger partial charge < -0.3 is 15.3 Å². The molecule has 1 spiro atoms. The highest BCUT2D eigenvalue weighted by Gasteiger charge is 2.43. The number of carbonyl (C=O) groups excluding carboxylic acids is 1. The van der Waals surface area contributed by atoms with Crippen molar-refractivity contribution in [2.75, 3.05) is 40.4 Å². The van der Waals surface area contributed by atoms with Crippen molar-refractivity contribution in [1.29, 1.82) is 0 Å². The Kier molecular flexibility index (Phi) is 7.21. The van der Waals surface area contributed by atoms with Crippen molar-refractivity contribution in [3.63, 3.8) is 0 Å². The van der Waals surface area contributed by atoms with E-state index < -0.39 is 28.3 Å². The molecule has 0 bridgehead atoms. The van der Waals surface area contributed by atoms with Crippen molar-refractivity contribution in [3.8, 4) is 0 Å². The molecule has 1 saturated carbocycles. The van der Waals surface area contributed by atoms with Crippen LogP contribution in [-0.2, 0) is 10.0 Å². The number of aliphatic hydroxyl groups is 1. The van der Waals surface area contributed by atoms with Gasteiger partial charge in [-0.15, -0.1) is 0 Å². The molecular weight excluding hydrogens is 512 g/mol. The highest BCUT2D eigenvalue weighted by molar-refractivity contribution is 7.92. The van der Waals surface area contributed by atoms with Gasteiger partial charge in [-0.05, 0) is 85.1 Å². The van der Waals surface area contributed by atoms with E-state index in [0.29, 0.717) is 27.9 Å². The summed E-state index contributed by atoms with van der Waals surface area (Å²) >= 11 is 0. The Morgan fingerprint density at radius 3 is 2.42 bits per heavy atom. The molecule has 204 valence electrons. The van der Waals surface area contributed by atoms with Gasteiger partial charge in [-0.3, -0.25) is 9.52 Å². The molecule has 0 atom stereocenters. The number of aliphatic hydroxyl groups excluding tert-OH is 1. The zero-order chi connectivity index (χ0) is 27.0. The molecule has 1 saturated heterocycles. The van der Waals surface area contributed by atoms with Crippen molar-refractivity contribution < 1.29 is 27.1 Å². The van der Waals surface area contributed by atoms with Crippen LogP contribution in [0.5, 0.6) is 0 Å². The van der Waals surface area contributed by atoms with Crippen LogP contribution in [0.3, 0.4) is 0 Å². The summed E-state index contributed by atoms with van der Waals surface area (Å²) in [7, 11) is -3.72. The predicted molar refractivity (Wildman–Crippen MR) is 145 cm³/mol. The van der Waals surface area contributed by atoms with E-state index >= 15 is 0 Å². The van der Waals surface area contributed by atoms with Gasteiger partial charge in [0.2, 0.25) is 10.0 Å². The normalized spacial score (nSPS) is 20.1. The van der Waals surface area contributed by atoms with Gasteiger partial charge in [0, 0.05) is 48.6 Å². The average Bonchev–Trinajstić information content (AvgIpc) is 3.63. The molecule has 7 nitrogen and oxygen atoms in total. The van der Waals surface area contributed by atoms with Crippen LogP contribution < -0.4 is 14.9 Å². The molecule has 0 aromatic heterocycles. The number of nitrogens with zero attached hydrogens (tertiary/aromatic N) is 1. The largest absolute Gasteiger partial charge is 0.395 e. The average molecular weight is 546 g/mol. The van der Waals surface area contributed by atoms with Crippen LogP contribution in [0.25, 0.3) is 5.57 Å². The second kappa shape index (κ2) is 10.3. The van der Waals surface area contributed by atoms with Gasteiger partial charge in [0.25, 0.3) is 11.8 Å². The van der Waals surface area contributed by atoms with Crippen LogP contribution in [0.2, 0.25) is 0 Å². The second-order valence-electron chi connectivity index (χ2n) is 10.7. The fourth-order valence-electron chi connectivity index (χ4n) is 5.31. The number of amides is 1. The summed E-state index contributed by atoms with van der Waals surface area (Å²) in [4.78, 5) is 15.4. The van der Waals surface area contributed by atoms with E-state index in [1.807, 2.05) is 11.0 Å². The molecular formula is C28H33F2N3O4S. The Morgan fingerprint density at radius 2 is 1.76 bits per heavy atom. The van der Waals surface area contributed by atoms with Crippen molar-refractivity contribution in [2.24, 2.45) is 5.41 Å². The summed E-state index contributed by atoms with van der Waals surface area (Å²) in [6, 6.07) is 12.0. The smallest absolute Gasteiger partial charge is 0.256 e. The number of benzene rings is 2. The maximum Gasteiger partial charge on any atom is 0.256 e. The van der Waals surface area contributed by atoms with Gasteiger partial charge in [0.05, 0.1) is 12.4 Å². The van der Waals surface area contributed by atoms with Crippen molar-refractivity contribution in [3.05, 3.63) is 59.7 Å². The summed E-state index contributed by atoms with van der Waals surface area (Å²) < 4.78 is 54.1. The first kappa shape index (κ1) is 26.6. The van der Waals surface area contributed by atoms with Crippen molar-refractivity contribution in [1.82, 2.24) is 0 Å². The van der Waals surface area contributed by atoms with Crippen LogP contribution in [-0.4, -0.2) is 50.8 Å². The number of piperidine rings is 1. The first-order valence-corrected chi connectivity index (χ1v) is 14.7. The molecule has 3 N–H and O–H groups in total. The highest BCUT2D eigenvalue weighted by Crippen LogP contribution is 2.56. The minimum absolute atomic E-state index is 0.197. The van der Waals surface area contributed by atoms with E-state index in [0.717, 1.165) is 30.5 Å². The number of hydrogen-bond acceptors (Lipinski definition) is 5. The quantitative estimate of drug-likeness (QED) is 0.421. The van der Waals surface area contributed by atoms with Crippen molar-refractivity contribution in [2.45, 2.75) is 50.9 Å². The maximum absolute atomic E-state index is 13.6. The van der Waals surface area contributed by atoms with Gasteiger partial charge in [-0.1, -0.05) is 12.1 Å². The lowest BCUT2D eigenvalue weighted by Crippen LogP contribution is -2.39. The standard InChI is InChI=1S/C28H33F2N3O4S/c29-28(30)12-14-33(15-13-28)23-3-1-2-21(18-23)31-26(35)24-5-4-22(32-38(36,37)17-16-34)19-25(24)20-6-8-27(9-7-20)10-11-27/h1-6,18-19,32,34H,7-17H2,(H,31,35). The number of sulfonamides is 1. The van der Waals surface area contributed by atoms with E-state index in [1.165, 1.54) is 12.8 Å². The predicted octanol–water partition coefficient (Wildman–Crippen LogP) is 5.26. The molecule has 5 rings (SSSR count). The zero-order valence-electron chi connectivity index (χ0n) is 21.2. The lowest BCUT2D eigenvalue weighted by Gasteiger charge is -2.33. The van der Waals surface area contributed by atoms with Gasteiger partial charge in [0.1, 0.15) is 0 Å². The van der Waals surface area contributed by atoms with Crippen LogP contribution in [0.15, 0.2) is 48.5 Å². The van der Waals surface area contributed by atoms with Crippen molar-refractivity contribution >= 4 is 38.6 Å². The summed E-state index contributed by atoms with van der Waals surface area (Å²) in [5, 5.41) is 12.0. The molecule has 10 heteroatoms. The highest BCUT2D eigenvalue weighted by atomic mass is 32.2. The van der Waals surface area contributed by atoms with E-state index in [2.05, 4.69) is 16.1 Å². The lowest BCUT2D eigenvalue weighted by molar-refractivity contribution is -0.0220. The van der Waals surface area contributed by atoms with Crippen LogP contribution in [0, 0.1) is 5.41 Å². The summed E-state index contributed by atoms with van der Waals surface area (Å²) in [6.45, 7) is 0.00449. The fraction of sp³-hybridized carbons (Fsp3) is 0.464. The number of carbonyl (C=O) groups is 1. The fourth-order valence-corrected chi connectivity index (χ4v) is 6.14. The molecule has 2 fully saturated rings. The molecule has 2 aliphatic carbocycles. The lowest BCUT2D eigenvalue weighted by atomic mass is 9.83. The van der Waals surface area contributed by atoms with Gasteiger partial charge in [-0.2, -0.15) is 0 Å². The number of anilines is 3. The van der Waals surface area contributed by atoms with Crippen LogP contribution in [0.4, 0.5) is 25.8 Å². The Bertz CT molecular complexity index is 1350. The Balaban J connectivity index is 1.39. The molecule has 3 aliphatic rings. The summed E-state index contributed by atoms with van der Waals surface area (Å²) in [6.07, 6.45) is 7.00. The number of alkyl halides is 2. The molecule has 1 aliphatic heterocycles. The molecule has 0 radical (unpaired) electrons. The third kappa shape index (κ3) is 6.18. The SMILES string of the molecule is O=C(Nc1cccc(N2CCC(F)(F)CC2)c1)c1ccc(NS(=O)(=O)CCO)cc1C1=CCC2(CC1)CC2.